The molecule has 1 aliphatic heterocycles. The van der Waals surface area contributed by atoms with Crippen molar-refractivity contribution in [2.75, 3.05) is 13.2 Å². The Morgan fingerprint density at radius 1 is 1.39 bits per heavy atom. The first-order valence-corrected chi connectivity index (χ1v) is 6.94. The number of ether oxygens (including phenoxy) is 1. The molecule has 1 saturated heterocycles. The van der Waals surface area contributed by atoms with Crippen LogP contribution in [0, 0.1) is 19.8 Å². The summed E-state index contributed by atoms with van der Waals surface area (Å²) in [6, 6.07) is 0.197. The Morgan fingerprint density at radius 3 is 2.67 bits per heavy atom. The van der Waals surface area contributed by atoms with Gasteiger partial charge in [-0.1, -0.05) is 0 Å². The minimum absolute atomic E-state index is 0.197. The standard InChI is InChI=1S/C14H25N3O/c1-10(15)8-14-11(2)16-17(12(14)3)9-13-4-6-18-7-5-13/h10,13H,4-9,15H2,1-3H3. The van der Waals surface area contributed by atoms with Gasteiger partial charge >= 0.3 is 0 Å². The SMILES string of the molecule is Cc1nn(CC2CCOCC2)c(C)c1CC(C)N. The van der Waals surface area contributed by atoms with Crippen LogP contribution in [0.5, 0.6) is 0 Å². The molecule has 0 radical (unpaired) electrons. The maximum Gasteiger partial charge on any atom is 0.0629 e. The normalized spacial score (nSPS) is 19.1. The Kier molecular flexibility index (Phi) is 4.40. The second-order valence-corrected chi connectivity index (χ2v) is 5.57. The quantitative estimate of drug-likeness (QED) is 0.888. The van der Waals surface area contributed by atoms with Crippen molar-refractivity contribution in [3.05, 3.63) is 17.0 Å². The number of rotatable bonds is 4. The van der Waals surface area contributed by atoms with Gasteiger partial charge < -0.3 is 10.5 Å². The lowest BCUT2D eigenvalue weighted by Gasteiger charge is -2.22. The Labute approximate surface area is 110 Å². The number of nitrogens with two attached hydrogens (primary N) is 1. The first-order valence-electron chi connectivity index (χ1n) is 6.94. The monoisotopic (exact) mass is 251 g/mol. The van der Waals surface area contributed by atoms with Crippen molar-refractivity contribution >= 4 is 0 Å². The molecule has 102 valence electrons. The van der Waals surface area contributed by atoms with E-state index in [-0.39, 0.29) is 6.04 Å². The Morgan fingerprint density at radius 2 is 2.06 bits per heavy atom. The summed E-state index contributed by atoms with van der Waals surface area (Å²) in [6.45, 7) is 9.12. The van der Waals surface area contributed by atoms with Crippen LogP contribution in [0.15, 0.2) is 0 Å². The number of aryl methyl sites for hydroxylation is 1. The van der Waals surface area contributed by atoms with E-state index in [0.29, 0.717) is 5.92 Å². The summed E-state index contributed by atoms with van der Waals surface area (Å²) in [5.74, 6) is 0.708. The Hall–Kier alpha value is -0.870. The van der Waals surface area contributed by atoms with Crippen LogP contribution in [-0.4, -0.2) is 29.0 Å². The molecule has 2 N–H and O–H groups in total. The summed E-state index contributed by atoms with van der Waals surface area (Å²) in [7, 11) is 0. The van der Waals surface area contributed by atoms with Crippen LogP contribution in [0.25, 0.3) is 0 Å². The minimum atomic E-state index is 0.197. The van der Waals surface area contributed by atoms with Crippen molar-refractivity contribution in [3.8, 4) is 0 Å². The summed E-state index contributed by atoms with van der Waals surface area (Å²) < 4.78 is 7.57. The van der Waals surface area contributed by atoms with Gasteiger partial charge in [-0.05, 0) is 51.5 Å². The fourth-order valence-corrected chi connectivity index (χ4v) is 2.70. The van der Waals surface area contributed by atoms with Crippen LogP contribution in [0.4, 0.5) is 0 Å². The van der Waals surface area contributed by atoms with Crippen molar-refractivity contribution in [1.82, 2.24) is 9.78 Å². The van der Waals surface area contributed by atoms with Gasteiger partial charge in [0, 0.05) is 31.5 Å². The molecule has 1 aromatic heterocycles. The van der Waals surface area contributed by atoms with E-state index in [1.807, 2.05) is 0 Å². The molecule has 0 aliphatic carbocycles. The molecule has 0 bridgehead atoms. The third kappa shape index (κ3) is 3.12. The molecule has 1 fully saturated rings. The van der Waals surface area contributed by atoms with Gasteiger partial charge in [-0.25, -0.2) is 0 Å². The van der Waals surface area contributed by atoms with E-state index in [1.165, 1.54) is 11.3 Å². The average Bonchev–Trinajstić information content (AvgIpc) is 2.58. The molecule has 1 aromatic rings. The van der Waals surface area contributed by atoms with Crippen molar-refractivity contribution in [1.29, 1.82) is 0 Å². The summed E-state index contributed by atoms with van der Waals surface area (Å²) in [6.07, 6.45) is 3.23. The van der Waals surface area contributed by atoms with Gasteiger partial charge in [-0.15, -0.1) is 0 Å². The molecular formula is C14H25N3O. The van der Waals surface area contributed by atoms with Crippen LogP contribution in [0.2, 0.25) is 0 Å². The molecule has 2 rings (SSSR count). The lowest BCUT2D eigenvalue weighted by Crippen LogP contribution is -2.22. The Bertz CT molecular complexity index is 392. The molecule has 0 amide bonds. The fraction of sp³-hybridized carbons (Fsp3) is 0.786. The van der Waals surface area contributed by atoms with Gasteiger partial charge in [0.15, 0.2) is 0 Å². The average molecular weight is 251 g/mol. The molecule has 4 nitrogen and oxygen atoms in total. The van der Waals surface area contributed by atoms with Gasteiger partial charge in [0.2, 0.25) is 0 Å². The summed E-state index contributed by atoms with van der Waals surface area (Å²) in [5, 5.41) is 4.68. The highest BCUT2D eigenvalue weighted by molar-refractivity contribution is 5.25. The highest BCUT2D eigenvalue weighted by Gasteiger charge is 2.18. The second kappa shape index (κ2) is 5.85. The van der Waals surface area contributed by atoms with E-state index in [4.69, 9.17) is 10.5 Å². The van der Waals surface area contributed by atoms with Gasteiger partial charge in [0.05, 0.1) is 5.69 Å². The first-order chi connectivity index (χ1) is 8.58. The van der Waals surface area contributed by atoms with Crippen molar-refractivity contribution < 1.29 is 4.74 Å². The van der Waals surface area contributed by atoms with E-state index in [1.54, 1.807) is 0 Å². The van der Waals surface area contributed by atoms with Crippen LogP contribution in [0.3, 0.4) is 0 Å². The third-order valence-corrected chi connectivity index (χ3v) is 3.83. The number of hydrogen-bond donors (Lipinski definition) is 1. The molecular weight excluding hydrogens is 226 g/mol. The van der Waals surface area contributed by atoms with E-state index in [2.05, 4.69) is 30.6 Å². The van der Waals surface area contributed by atoms with E-state index >= 15 is 0 Å². The zero-order valence-corrected chi connectivity index (χ0v) is 11.8. The van der Waals surface area contributed by atoms with Crippen molar-refractivity contribution in [2.24, 2.45) is 11.7 Å². The van der Waals surface area contributed by atoms with Crippen LogP contribution in [0.1, 0.15) is 36.7 Å². The molecule has 2 heterocycles. The van der Waals surface area contributed by atoms with Gasteiger partial charge in [0.25, 0.3) is 0 Å². The zero-order valence-electron chi connectivity index (χ0n) is 11.8. The predicted molar refractivity (Wildman–Crippen MR) is 72.6 cm³/mol. The van der Waals surface area contributed by atoms with Gasteiger partial charge in [-0.2, -0.15) is 5.10 Å². The summed E-state index contributed by atoms with van der Waals surface area (Å²) >= 11 is 0. The molecule has 1 atom stereocenters. The maximum atomic E-state index is 5.90. The summed E-state index contributed by atoms with van der Waals surface area (Å²) in [4.78, 5) is 0. The molecule has 18 heavy (non-hydrogen) atoms. The van der Waals surface area contributed by atoms with Crippen molar-refractivity contribution in [3.63, 3.8) is 0 Å². The lowest BCUT2D eigenvalue weighted by molar-refractivity contribution is 0.0599. The smallest absolute Gasteiger partial charge is 0.0629 e. The van der Waals surface area contributed by atoms with Crippen LogP contribution >= 0.6 is 0 Å². The number of aromatic nitrogens is 2. The van der Waals surface area contributed by atoms with E-state index in [9.17, 15) is 0 Å². The zero-order chi connectivity index (χ0) is 13.1. The largest absolute Gasteiger partial charge is 0.381 e. The topological polar surface area (TPSA) is 53.1 Å². The Balaban J connectivity index is 2.08. The maximum absolute atomic E-state index is 5.90. The van der Waals surface area contributed by atoms with Crippen LogP contribution < -0.4 is 5.73 Å². The van der Waals surface area contributed by atoms with E-state index in [0.717, 1.165) is 44.7 Å². The third-order valence-electron chi connectivity index (χ3n) is 3.83. The second-order valence-electron chi connectivity index (χ2n) is 5.57. The van der Waals surface area contributed by atoms with Crippen molar-refractivity contribution in [2.45, 2.75) is 52.6 Å². The molecule has 0 aromatic carbocycles. The molecule has 1 unspecified atom stereocenters. The van der Waals surface area contributed by atoms with Gasteiger partial charge in [-0.3, -0.25) is 4.68 Å². The molecule has 0 spiro atoms. The molecule has 1 aliphatic rings. The lowest BCUT2D eigenvalue weighted by atomic mass is 10.0. The molecule has 0 saturated carbocycles. The first kappa shape index (κ1) is 13.6. The summed E-state index contributed by atoms with van der Waals surface area (Å²) in [5.41, 5.74) is 9.66. The fourth-order valence-electron chi connectivity index (χ4n) is 2.70. The highest BCUT2D eigenvalue weighted by atomic mass is 16.5. The van der Waals surface area contributed by atoms with E-state index < -0.39 is 0 Å². The number of nitrogens with zero attached hydrogens (tertiary/aromatic N) is 2. The van der Waals surface area contributed by atoms with Gasteiger partial charge in [0.1, 0.15) is 0 Å². The van der Waals surface area contributed by atoms with Crippen LogP contribution in [-0.2, 0) is 17.7 Å². The minimum Gasteiger partial charge on any atom is -0.381 e. The molecule has 4 heteroatoms. The predicted octanol–water partition coefficient (Wildman–Crippen LogP) is 1.82. The highest BCUT2D eigenvalue weighted by Crippen LogP contribution is 2.20. The number of hydrogen-bond acceptors (Lipinski definition) is 3.